The zero-order valence-corrected chi connectivity index (χ0v) is 12.6. The van der Waals surface area contributed by atoms with Crippen LogP contribution in [-0.2, 0) is 0 Å². The van der Waals surface area contributed by atoms with E-state index in [9.17, 15) is 0 Å². The van der Waals surface area contributed by atoms with Crippen molar-refractivity contribution in [2.45, 2.75) is 64.3 Å². The summed E-state index contributed by atoms with van der Waals surface area (Å²) in [5.74, 6) is 2.88. The summed E-state index contributed by atoms with van der Waals surface area (Å²) in [7, 11) is 2.32. The van der Waals surface area contributed by atoms with Crippen LogP contribution in [0.4, 0.5) is 0 Å². The van der Waals surface area contributed by atoms with Crippen molar-refractivity contribution in [2.75, 3.05) is 20.1 Å². The third kappa shape index (κ3) is 3.08. The van der Waals surface area contributed by atoms with Gasteiger partial charge in [-0.05, 0) is 56.9 Å². The Kier molecular flexibility index (Phi) is 4.71. The molecule has 2 rings (SSSR count). The molecule has 0 amide bonds. The van der Waals surface area contributed by atoms with Crippen LogP contribution in [0.15, 0.2) is 0 Å². The van der Waals surface area contributed by atoms with E-state index in [1.165, 1.54) is 51.5 Å². The third-order valence-corrected chi connectivity index (χ3v) is 5.71. The van der Waals surface area contributed by atoms with Crippen molar-refractivity contribution >= 4 is 0 Å². The highest BCUT2D eigenvalue weighted by molar-refractivity contribution is 4.97. The number of hydrogen-bond donors (Lipinski definition) is 1. The first-order valence-corrected chi connectivity index (χ1v) is 8.02. The van der Waals surface area contributed by atoms with Crippen molar-refractivity contribution in [3.8, 4) is 0 Å². The van der Waals surface area contributed by atoms with Crippen LogP contribution in [0.25, 0.3) is 0 Å². The van der Waals surface area contributed by atoms with Crippen LogP contribution < -0.4 is 5.73 Å². The number of hydrogen-bond acceptors (Lipinski definition) is 2. The Bertz CT molecular complexity index is 256. The van der Waals surface area contributed by atoms with E-state index in [0.29, 0.717) is 5.54 Å². The molecule has 0 aliphatic heterocycles. The van der Waals surface area contributed by atoms with Crippen LogP contribution >= 0.6 is 0 Å². The van der Waals surface area contributed by atoms with Crippen molar-refractivity contribution in [3.63, 3.8) is 0 Å². The second-order valence-electron chi connectivity index (χ2n) is 7.01. The summed E-state index contributed by atoms with van der Waals surface area (Å²) in [5, 5.41) is 0. The average Bonchev–Trinajstić information content (AvgIpc) is 3.06. The van der Waals surface area contributed by atoms with E-state index >= 15 is 0 Å². The van der Waals surface area contributed by atoms with Gasteiger partial charge in [0.2, 0.25) is 0 Å². The summed E-state index contributed by atoms with van der Waals surface area (Å²) in [5.41, 5.74) is 6.47. The number of nitrogens with zero attached hydrogens (tertiary/aromatic N) is 1. The Balaban J connectivity index is 1.86. The molecule has 0 saturated heterocycles. The van der Waals surface area contributed by atoms with Crippen molar-refractivity contribution in [1.82, 2.24) is 4.90 Å². The zero-order chi connectivity index (χ0) is 13.2. The number of likely N-dealkylation sites (N-methyl/N-ethyl adjacent to an activating group) is 1. The molecule has 2 aliphatic rings. The quantitative estimate of drug-likeness (QED) is 0.786. The van der Waals surface area contributed by atoms with Gasteiger partial charge in [0.15, 0.2) is 0 Å². The van der Waals surface area contributed by atoms with Gasteiger partial charge in [-0.3, -0.25) is 4.90 Å². The molecule has 106 valence electrons. The van der Waals surface area contributed by atoms with Crippen LogP contribution in [0, 0.1) is 17.8 Å². The Morgan fingerprint density at radius 1 is 1.28 bits per heavy atom. The highest BCUT2D eigenvalue weighted by Gasteiger charge is 2.41. The molecule has 0 aromatic rings. The molecule has 2 heteroatoms. The molecule has 0 bridgehead atoms. The third-order valence-electron chi connectivity index (χ3n) is 5.71. The van der Waals surface area contributed by atoms with Gasteiger partial charge >= 0.3 is 0 Å². The molecule has 18 heavy (non-hydrogen) atoms. The Hall–Kier alpha value is -0.0800. The molecule has 0 radical (unpaired) electrons. The second kappa shape index (κ2) is 5.92. The first-order chi connectivity index (χ1) is 8.61. The largest absolute Gasteiger partial charge is 0.329 e. The normalized spacial score (nSPS) is 40.2. The van der Waals surface area contributed by atoms with Gasteiger partial charge in [-0.1, -0.05) is 26.7 Å². The van der Waals surface area contributed by atoms with Crippen LogP contribution in [0.3, 0.4) is 0 Å². The SMILES string of the molecule is CCCC1CCC(CN)(N(C)CC2CC2C)CC1. The minimum absolute atomic E-state index is 0.326. The van der Waals surface area contributed by atoms with Crippen LogP contribution in [0.1, 0.15) is 58.8 Å². The minimum Gasteiger partial charge on any atom is -0.329 e. The van der Waals surface area contributed by atoms with Gasteiger partial charge in [-0.25, -0.2) is 0 Å². The van der Waals surface area contributed by atoms with Crippen molar-refractivity contribution in [2.24, 2.45) is 23.5 Å². The molecule has 2 N–H and O–H groups in total. The standard InChI is InChI=1S/C16H32N2/c1-4-5-14-6-8-16(12-17,9-7-14)18(3)11-15-10-13(15)2/h13-15H,4-12,17H2,1-3H3. The Morgan fingerprint density at radius 2 is 1.89 bits per heavy atom. The fourth-order valence-electron chi connectivity index (χ4n) is 3.85. The molecule has 2 nitrogen and oxygen atoms in total. The molecule has 0 aromatic heterocycles. The lowest BCUT2D eigenvalue weighted by Crippen LogP contribution is -2.54. The van der Waals surface area contributed by atoms with E-state index in [1.54, 1.807) is 0 Å². The fourth-order valence-corrected chi connectivity index (χ4v) is 3.85. The summed E-state index contributed by atoms with van der Waals surface area (Å²) in [6, 6.07) is 0. The number of rotatable bonds is 6. The maximum atomic E-state index is 6.15. The molecule has 2 unspecified atom stereocenters. The van der Waals surface area contributed by atoms with E-state index in [2.05, 4.69) is 25.8 Å². The van der Waals surface area contributed by atoms with Crippen molar-refractivity contribution in [3.05, 3.63) is 0 Å². The lowest BCUT2D eigenvalue weighted by atomic mass is 9.74. The first-order valence-electron chi connectivity index (χ1n) is 8.02. The van der Waals surface area contributed by atoms with Gasteiger partial charge in [0, 0.05) is 18.6 Å². The second-order valence-corrected chi connectivity index (χ2v) is 7.01. The van der Waals surface area contributed by atoms with E-state index in [1.807, 2.05) is 0 Å². The fraction of sp³-hybridized carbons (Fsp3) is 1.00. The van der Waals surface area contributed by atoms with Gasteiger partial charge < -0.3 is 5.73 Å². The lowest BCUT2D eigenvalue weighted by Gasteiger charge is -2.46. The molecule has 2 aliphatic carbocycles. The van der Waals surface area contributed by atoms with E-state index in [4.69, 9.17) is 5.73 Å². The van der Waals surface area contributed by atoms with E-state index in [-0.39, 0.29) is 0 Å². The minimum atomic E-state index is 0.326. The monoisotopic (exact) mass is 252 g/mol. The highest BCUT2D eigenvalue weighted by Crippen LogP contribution is 2.42. The van der Waals surface area contributed by atoms with Crippen molar-refractivity contribution < 1.29 is 0 Å². The van der Waals surface area contributed by atoms with E-state index in [0.717, 1.165) is 24.3 Å². The maximum Gasteiger partial charge on any atom is 0.0329 e. The predicted octanol–water partition coefficient (Wildman–Crippen LogP) is 3.26. The summed E-state index contributed by atoms with van der Waals surface area (Å²) in [6.07, 6.45) is 9.64. The molecule has 0 aromatic carbocycles. The predicted molar refractivity (Wildman–Crippen MR) is 78.6 cm³/mol. The Morgan fingerprint density at radius 3 is 2.33 bits per heavy atom. The molecule has 2 atom stereocenters. The van der Waals surface area contributed by atoms with Crippen molar-refractivity contribution in [1.29, 1.82) is 0 Å². The van der Waals surface area contributed by atoms with Gasteiger partial charge in [0.05, 0.1) is 0 Å². The topological polar surface area (TPSA) is 29.3 Å². The van der Waals surface area contributed by atoms with Crippen LogP contribution in [0.2, 0.25) is 0 Å². The van der Waals surface area contributed by atoms with E-state index < -0.39 is 0 Å². The van der Waals surface area contributed by atoms with Gasteiger partial charge in [0.25, 0.3) is 0 Å². The van der Waals surface area contributed by atoms with Crippen LogP contribution in [-0.4, -0.2) is 30.6 Å². The molecule has 0 spiro atoms. The smallest absolute Gasteiger partial charge is 0.0329 e. The molecular weight excluding hydrogens is 220 g/mol. The summed E-state index contributed by atoms with van der Waals surface area (Å²) >= 11 is 0. The summed E-state index contributed by atoms with van der Waals surface area (Å²) in [4.78, 5) is 2.61. The number of nitrogens with two attached hydrogens (primary N) is 1. The van der Waals surface area contributed by atoms with Gasteiger partial charge in [0.1, 0.15) is 0 Å². The summed E-state index contributed by atoms with van der Waals surface area (Å²) < 4.78 is 0. The summed E-state index contributed by atoms with van der Waals surface area (Å²) in [6.45, 7) is 6.82. The molecule has 0 heterocycles. The molecule has 2 saturated carbocycles. The molecule has 2 fully saturated rings. The average molecular weight is 252 g/mol. The van der Waals surface area contributed by atoms with Gasteiger partial charge in [-0.2, -0.15) is 0 Å². The molecular formula is C16H32N2. The highest BCUT2D eigenvalue weighted by atomic mass is 15.2. The van der Waals surface area contributed by atoms with Crippen LogP contribution in [0.5, 0.6) is 0 Å². The Labute approximate surface area is 113 Å². The maximum absolute atomic E-state index is 6.15. The zero-order valence-electron chi connectivity index (χ0n) is 12.6. The van der Waals surface area contributed by atoms with Gasteiger partial charge in [-0.15, -0.1) is 0 Å². The first kappa shape index (κ1) is 14.3. The lowest BCUT2D eigenvalue weighted by molar-refractivity contribution is 0.0583.